The first kappa shape index (κ1) is 14.4. The van der Waals surface area contributed by atoms with Crippen LogP contribution in [0, 0.1) is 0 Å². The van der Waals surface area contributed by atoms with E-state index in [4.69, 9.17) is 5.11 Å². The summed E-state index contributed by atoms with van der Waals surface area (Å²) in [6.45, 7) is 0. The highest BCUT2D eigenvalue weighted by Gasteiger charge is 2.20. The van der Waals surface area contributed by atoms with Crippen molar-refractivity contribution in [2.45, 2.75) is 0 Å². The average Bonchev–Trinajstić information content (AvgIpc) is 2.80. The first-order valence-electron chi connectivity index (χ1n) is 5.77. The summed E-state index contributed by atoms with van der Waals surface area (Å²) >= 11 is 0. The molecule has 0 bridgehead atoms. The van der Waals surface area contributed by atoms with Crippen LogP contribution < -0.4 is 0 Å². The van der Waals surface area contributed by atoms with E-state index < -0.39 is 17.7 Å². The maximum Gasteiger partial charge on any atom is 0.356 e. The van der Waals surface area contributed by atoms with E-state index in [1.807, 2.05) is 0 Å². The Morgan fingerprint density at radius 1 is 1.19 bits per heavy atom. The molecule has 0 spiro atoms. The van der Waals surface area contributed by atoms with Gasteiger partial charge in [0.1, 0.15) is 17.1 Å². The third-order valence-corrected chi connectivity index (χ3v) is 2.89. The lowest BCUT2D eigenvalue weighted by atomic mass is 10.1. The highest BCUT2D eigenvalue weighted by atomic mass is 16.5. The number of carbonyl (C=O) groups is 2. The molecular weight excluding hydrogens is 280 g/mol. The number of aromatic carboxylic acids is 1. The summed E-state index contributed by atoms with van der Waals surface area (Å²) in [5.74, 6) is -2.76. The summed E-state index contributed by atoms with van der Waals surface area (Å²) in [7, 11) is 2.65. The van der Waals surface area contributed by atoms with E-state index in [0.717, 1.165) is 13.2 Å². The van der Waals surface area contributed by atoms with Crippen LogP contribution in [0.3, 0.4) is 0 Å². The van der Waals surface area contributed by atoms with E-state index in [9.17, 15) is 19.8 Å². The number of esters is 1. The van der Waals surface area contributed by atoms with Crippen LogP contribution in [0.4, 0.5) is 0 Å². The van der Waals surface area contributed by atoms with Crippen LogP contribution in [-0.2, 0) is 11.8 Å². The molecule has 0 radical (unpaired) electrons. The number of carbonyl (C=O) groups excluding carboxylic acids is 1. The number of ether oxygens (including phenoxy) is 1. The predicted molar refractivity (Wildman–Crippen MR) is 70.3 cm³/mol. The predicted octanol–water partition coefficient (Wildman–Crippen LogP) is 0.983. The highest BCUT2D eigenvalue weighted by molar-refractivity contribution is 5.95. The van der Waals surface area contributed by atoms with E-state index in [1.165, 1.54) is 23.9 Å². The third kappa shape index (κ3) is 2.50. The minimum atomic E-state index is -1.22. The second-order valence-electron chi connectivity index (χ2n) is 4.22. The van der Waals surface area contributed by atoms with E-state index >= 15 is 0 Å². The molecule has 0 unspecified atom stereocenters. The number of aryl methyl sites for hydroxylation is 1. The smallest absolute Gasteiger partial charge is 0.356 e. The average molecular weight is 292 g/mol. The second kappa shape index (κ2) is 5.16. The van der Waals surface area contributed by atoms with Crippen LogP contribution in [0.25, 0.3) is 11.3 Å². The summed E-state index contributed by atoms with van der Waals surface area (Å²) in [6.07, 6.45) is 0. The van der Waals surface area contributed by atoms with Gasteiger partial charge in [0.05, 0.1) is 12.8 Å². The van der Waals surface area contributed by atoms with Crippen molar-refractivity contribution in [3.8, 4) is 22.8 Å². The number of hydrogen-bond acceptors (Lipinski definition) is 6. The Kier molecular flexibility index (Phi) is 3.53. The molecule has 1 heterocycles. The molecule has 1 aromatic heterocycles. The number of aromatic nitrogens is 2. The molecule has 2 aromatic rings. The molecule has 8 heteroatoms. The standard InChI is InChI=1S/C13H12N2O6/c1-15-9(4-8(14-15)12(18)19)6-3-7(13(20)21-2)11(17)5-10(6)16/h3-5,16-17H,1-2H3,(H,18,19). The number of carboxylic acids is 1. The largest absolute Gasteiger partial charge is 0.507 e. The fraction of sp³-hybridized carbons (Fsp3) is 0.154. The van der Waals surface area contributed by atoms with Crippen LogP contribution >= 0.6 is 0 Å². The molecule has 0 amide bonds. The van der Waals surface area contributed by atoms with Gasteiger partial charge in [-0.2, -0.15) is 5.10 Å². The lowest BCUT2D eigenvalue weighted by molar-refractivity contribution is 0.0596. The van der Waals surface area contributed by atoms with Crippen LogP contribution in [0.1, 0.15) is 20.8 Å². The molecule has 110 valence electrons. The van der Waals surface area contributed by atoms with Crippen molar-refractivity contribution in [3.63, 3.8) is 0 Å². The number of carboxylic acid groups (broad SMARTS) is 1. The summed E-state index contributed by atoms with van der Waals surface area (Å²) in [5.41, 5.74) is 0.0636. The maximum atomic E-state index is 11.5. The van der Waals surface area contributed by atoms with Crippen molar-refractivity contribution in [2.24, 2.45) is 7.05 Å². The Hall–Kier alpha value is -3.03. The van der Waals surface area contributed by atoms with Gasteiger partial charge in [-0.1, -0.05) is 0 Å². The first-order chi connectivity index (χ1) is 9.85. The van der Waals surface area contributed by atoms with Crippen molar-refractivity contribution in [2.75, 3.05) is 7.11 Å². The zero-order valence-electron chi connectivity index (χ0n) is 11.2. The molecule has 0 atom stereocenters. The molecule has 3 N–H and O–H groups in total. The Morgan fingerprint density at radius 3 is 2.38 bits per heavy atom. The number of nitrogens with zero attached hydrogens (tertiary/aromatic N) is 2. The third-order valence-electron chi connectivity index (χ3n) is 2.89. The normalized spacial score (nSPS) is 10.4. The van der Waals surface area contributed by atoms with Crippen molar-refractivity contribution in [1.82, 2.24) is 9.78 Å². The van der Waals surface area contributed by atoms with Crippen molar-refractivity contribution in [3.05, 3.63) is 29.5 Å². The van der Waals surface area contributed by atoms with Gasteiger partial charge < -0.3 is 20.1 Å². The van der Waals surface area contributed by atoms with E-state index in [1.54, 1.807) is 0 Å². The van der Waals surface area contributed by atoms with E-state index in [2.05, 4.69) is 9.84 Å². The molecule has 1 aromatic carbocycles. The Morgan fingerprint density at radius 2 is 1.86 bits per heavy atom. The van der Waals surface area contributed by atoms with Crippen LogP contribution in [-0.4, -0.2) is 44.1 Å². The molecule has 8 nitrogen and oxygen atoms in total. The number of phenols is 2. The molecule has 0 aliphatic rings. The SMILES string of the molecule is COC(=O)c1cc(-c2cc(C(=O)O)nn2C)c(O)cc1O. The van der Waals surface area contributed by atoms with Gasteiger partial charge in [0.15, 0.2) is 5.69 Å². The number of rotatable bonds is 3. The lowest BCUT2D eigenvalue weighted by Gasteiger charge is -2.09. The minimum absolute atomic E-state index is 0.149. The summed E-state index contributed by atoms with van der Waals surface area (Å²) in [6, 6.07) is 3.43. The molecule has 0 saturated heterocycles. The fourth-order valence-corrected chi connectivity index (χ4v) is 1.88. The van der Waals surface area contributed by atoms with Crippen molar-refractivity contribution in [1.29, 1.82) is 0 Å². The zero-order valence-corrected chi connectivity index (χ0v) is 11.2. The molecule has 0 aliphatic carbocycles. The van der Waals surface area contributed by atoms with E-state index in [0.29, 0.717) is 0 Å². The Labute approximate surface area is 118 Å². The highest BCUT2D eigenvalue weighted by Crippen LogP contribution is 2.35. The number of aromatic hydroxyl groups is 2. The molecule has 0 aliphatic heterocycles. The summed E-state index contributed by atoms with van der Waals surface area (Å²) < 4.78 is 5.77. The molecule has 2 rings (SSSR count). The second-order valence-corrected chi connectivity index (χ2v) is 4.22. The quantitative estimate of drug-likeness (QED) is 0.721. The number of methoxy groups -OCH3 is 1. The van der Waals surface area contributed by atoms with Gasteiger partial charge in [-0.15, -0.1) is 0 Å². The Balaban J connectivity index is 2.63. The van der Waals surface area contributed by atoms with Gasteiger partial charge in [0.2, 0.25) is 0 Å². The molecule has 21 heavy (non-hydrogen) atoms. The summed E-state index contributed by atoms with van der Waals surface area (Å²) in [5, 5.41) is 32.2. The van der Waals surface area contributed by atoms with Gasteiger partial charge in [0, 0.05) is 18.7 Å². The molecule has 0 saturated carbocycles. The fourth-order valence-electron chi connectivity index (χ4n) is 1.88. The number of benzene rings is 1. The van der Waals surface area contributed by atoms with Crippen LogP contribution in [0.5, 0.6) is 11.5 Å². The first-order valence-corrected chi connectivity index (χ1v) is 5.77. The van der Waals surface area contributed by atoms with Gasteiger partial charge in [-0.05, 0) is 12.1 Å². The van der Waals surface area contributed by atoms with Gasteiger partial charge in [0.25, 0.3) is 0 Å². The Bertz CT molecular complexity index is 735. The number of hydrogen-bond donors (Lipinski definition) is 3. The van der Waals surface area contributed by atoms with Gasteiger partial charge >= 0.3 is 11.9 Å². The van der Waals surface area contributed by atoms with Crippen molar-refractivity contribution < 1.29 is 29.6 Å². The van der Waals surface area contributed by atoms with Gasteiger partial charge in [-0.25, -0.2) is 9.59 Å². The summed E-state index contributed by atoms with van der Waals surface area (Å²) in [4.78, 5) is 22.5. The van der Waals surface area contributed by atoms with E-state index in [-0.39, 0.29) is 28.3 Å². The van der Waals surface area contributed by atoms with Crippen LogP contribution in [0.2, 0.25) is 0 Å². The topological polar surface area (TPSA) is 122 Å². The molecule has 0 fully saturated rings. The van der Waals surface area contributed by atoms with Gasteiger partial charge in [-0.3, -0.25) is 4.68 Å². The lowest BCUT2D eigenvalue weighted by Crippen LogP contribution is -2.03. The maximum absolute atomic E-state index is 11.5. The number of phenolic OH excluding ortho intramolecular Hbond substituents is 2. The molecular formula is C13H12N2O6. The zero-order chi connectivity index (χ0) is 15.7. The van der Waals surface area contributed by atoms with Crippen molar-refractivity contribution >= 4 is 11.9 Å². The van der Waals surface area contributed by atoms with Crippen LogP contribution in [0.15, 0.2) is 18.2 Å². The monoisotopic (exact) mass is 292 g/mol. The minimum Gasteiger partial charge on any atom is -0.507 e.